The molecule has 0 aliphatic carbocycles. The van der Waals surface area contributed by atoms with E-state index in [1.54, 1.807) is 21.6 Å². The number of hydrogen-bond donors (Lipinski definition) is 1. The van der Waals surface area contributed by atoms with Crippen molar-refractivity contribution in [2.45, 2.75) is 38.7 Å². The van der Waals surface area contributed by atoms with Crippen LogP contribution in [-0.4, -0.2) is 63.9 Å². The summed E-state index contributed by atoms with van der Waals surface area (Å²) in [6.07, 6.45) is -3.31. The van der Waals surface area contributed by atoms with Crippen molar-refractivity contribution in [3.8, 4) is 5.75 Å². The van der Waals surface area contributed by atoms with Crippen molar-refractivity contribution < 1.29 is 37.0 Å². The predicted molar refractivity (Wildman–Crippen MR) is 137 cm³/mol. The monoisotopic (exact) mass is 569 g/mol. The van der Waals surface area contributed by atoms with Crippen molar-refractivity contribution in [2.75, 3.05) is 26.2 Å². The number of aliphatic carboxylic acids is 1. The number of likely N-dealkylation sites (tertiary alicyclic amines) is 1. The van der Waals surface area contributed by atoms with Crippen LogP contribution in [-0.2, 0) is 29.1 Å². The largest absolute Gasteiger partial charge is 0.573 e. The number of para-hydroxylation sites is 1. The molecule has 3 heterocycles. The molecule has 0 bridgehead atoms. The molecule has 0 atom stereocenters. The van der Waals surface area contributed by atoms with Crippen LogP contribution >= 0.6 is 12.4 Å². The molecule has 2 aliphatic heterocycles. The molecule has 1 amide bonds. The van der Waals surface area contributed by atoms with Crippen LogP contribution in [0, 0.1) is 11.7 Å². The number of aromatic nitrogens is 1. The molecule has 0 radical (unpaired) electrons. The summed E-state index contributed by atoms with van der Waals surface area (Å²) in [5.41, 5.74) is 2.52. The highest BCUT2D eigenvalue weighted by atomic mass is 35.5. The van der Waals surface area contributed by atoms with Crippen LogP contribution in [0.2, 0.25) is 0 Å². The summed E-state index contributed by atoms with van der Waals surface area (Å²) in [5, 5.41) is 9.93. The Morgan fingerprint density at radius 1 is 1.05 bits per heavy atom. The highest BCUT2D eigenvalue weighted by Crippen LogP contribution is 2.34. The maximum absolute atomic E-state index is 15.1. The molecule has 2 aromatic carbocycles. The van der Waals surface area contributed by atoms with E-state index in [1.807, 2.05) is 11.0 Å². The van der Waals surface area contributed by atoms with Crippen LogP contribution in [0.15, 0.2) is 42.5 Å². The number of rotatable bonds is 6. The van der Waals surface area contributed by atoms with E-state index in [1.165, 1.54) is 24.3 Å². The summed E-state index contributed by atoms with van der Waals surface area (Å²) >= 11 is 0. The number of alkyl halides is 3. The number of halogens is 5. The van der Waals surface area contributed by atoms with E-state index in [0.29, 0.717) is 50.0 Å². The molecule has 7 nitrogen and oxygen atoms in total. The molecule has 210 valence electrons. The molecule has 3 aromatic rings. The standard InChI is InChI=1S/C27H27F4N3O4.ClH/c28-22-6-2-5-21-20-9-12-33(24(35)16-32-10-7-18(8-11-32)26(36)37)15-23(20)34(25(21)22)14-17-3-1-4-19(13-17)38-27(29,30)31;/h1-6,13,18H,7-12,14-16H2,(H,36,37);1H. The lowest BCUT2D eigenvalue weighted by Gasteiger charge is -2.33. The van der Waals surface area contributed by atoms with Gasteiger partial charge in [-0.15, -0.1) is 25.6 Å². The lowest BCUT2D eigenvalue weighted by atomic mass is 9.97. The molecule has 1 aromatic heterocycles. The maximum atomic E-state index is 15.1. The third-order valence-electron chi connectivity index (χ3n) is 7.35. The van der Waals surface area contributed by atoms with Gasteiger partial charge < -0.3 is 19.3 Å². The van der Waals surface area contributed by atoms with Gasteiger partial charge in [0, 0.05) is 24.2 Å². The predicted octanol–water partition coefficient (Wildman–Crippen LogP) is 4.83. The van der Waals surface area contributed by atoms with Crippen molar-refractivity contribution in [1.29, 1.82) is 0 Å². The number of piperidine rings is 1. The highest BCUT2D eigenvalue weighted by molar-refractivity contribution is 5.87. The molecular weight excluding hydrogens is 542 g/mol. The summed E-state index contributed by atoms with van der Waals surface area (Å²) in [7, 11) is 0. The van der Waals surface area contributed by atoms with E-state index in [4.69, 9.17) is 0 Å². The maximum Gasteiger partial charge on any atom is 0.573 e. The van der Waals surface area contributed by atoms with Crippen LogP contribution in [0.3, 0.4) is 0 Å². The Kier molecular flexibility index (Phi) is 8.41. The second kappa shape index (κ2) is 11.4. The quantitative estimate of drug-likeness (QED) is 0.431. The van der Waals surface area contributed by atoms with Crippen molar-refractivity contribution in [3.63, 3.8) is 0 Å². The third-order valence-corrected chi connectivity index (χ3v) is 7.35. The number of carbonyl (C=O) groups is 2. The lowest BCUT2D eigenvalue weighted by molar-refractivity contribution is -0.274. The first-order valence-corrected chi connectivity index (χ1v) is 12.4. The van der Waals surface area contributed by atoms with E-state index in [9.17, 15) is 27.9 Å². The summed E-state index contributed by atoms with van der Waals surface area (Å²) in [5.74, 6) is -2.09. The van der Waals surface area contributed by atoms with Crippen molar-refractivity contribution in [1.82, 2.24) is 14.4 Å². The van der Waals surface area contributed by atoms with E-state index in [0.717, 1.165) is 16.6 Å². The number of carboxylic acid groups (broad SMARTS) is 1. The van der Waals surface area contributed by atoms with Gasteiger partial charge in [-0.25, -0.2) is 4.39 Å². The zero-order valence-electron chi connectivity index (χ0n) is 20.9. The van der Waals surface area contributed by atoms with Crippen molar-refractivity contribution in [3.05, 3.63) is 65.1 Å². The van der Waals surface area contributed by atoms with Crippen LogP contribution in [0.5, 0.6) is 5.75 Å². The number of fused-ring (bicyclic) bond motifs is 3. The fraction of sp³-hybridized carbons (Fsp3) is 0.407. The average Bonchev–Trinajstić information content (AvgIpc) is 3.17. The summed E-state index contributed by atoms with van der Waals surface area (Å²) in [6.45, 7) is 2.04. The number of benzene rings is 2. The number of carbonyl (C=O) groups excluding carboxylic acids is 1. The number of ether oxygens (including phenoxy) is 1. The van der Waals surface area contributed by atoms with Gasteiger partial charge >= 0.3 is 12.3 Å². The number of hydrogen-bond acceptors (Lipinski definition) is 4. The van der Waals surface area contributed by atoms with Gasteiger partial charge in [-0.2, -0.15) is 0 Å². The van der Waals surface area contributed by atoms with Crippen LogP contribution < -0.4 is 4.74 Å². The lowest BCUT2D eigenvalue weighted by Crippen LogP contribution is -2.45. The van der Waals surface area contributed by atoms with E-state index in [-0.39, 0.29) is 49.6 Å². The Morgan fingerprint density at radius 3 is 2.46 bits per heavy atom. The minimum Gasteiger partial charge on any atom is -0.481 e. The fourth-order valence-corrected chi connectivity index (χ4v) is 5.49. The molecule has 12 heteroatoms. The molecule has 0 spiro atoms. The van der Waals surface area contributed by atoms with Gasteiger partial charge in [0.1, 0.15) is 11.6 Å². The second-order valence-corrected chi connectivity index (χ2v) is 9.80. The Labute approximate surface area is 228 Å². The smallest absolute Gasteiger partial charge is 0.481 e. The SMILES string of the molecule is Cl.O=C(O)C1CCN(CC(=O)N2CCc3c(n(Cc4cccc(OC(F)(F)F)c4)c4c(F)cccc34)C2)CC1. The number of carboxylic acids is 1. The Balaban J connectivity index is 0.00000353. The molecule has 0 saturated carbocycles. The molecule has 39 heavy (non-hydrogen) atoms. The number of amides is 1. The minimum atomic E-state index is -4.83. The topological polar surface area (TPSA) is 75.0 Å². The van der Waals surface area contributed by atoms with Crippen molar-refractivity contribution in [2.24, 2.45) is 5.92 Å². The normalized spacial score (nSPS) is 16.6. The van der Waals surface area contributed by atoms with Gasteiger partial charge in [-0.3, -0.25) is 14.5 Å². The number of nitrogens with zero attached hydrogens (tertiary/aromatic N) is 3. The average molecular weight is 570 g/mol. The van der Waals surface area contributed by atoms with Gasteiger partial charge in [0.2, 0.25) is 5.91 Å². The molecule has 0 unspecified atom stereocenters. The van der Waals surface area contributed by atoms with Crippen LogP contribution in [0.25, 0.3) is 10.9 Å². The highest BCUT2D eigenvalue weighted by Gasteiger charge is 2.32. The Morgan fingerprint density at radius 2 is 1.77 bits per heavy atom. The first-order chi connectivity index (χ1) is 18.1. The van der Waals surface area contributed by atoms with Gasteiger partial charge in [0.25, 0.3) is 0 Å². The molecule has 1 N–H and O–H groups in total. The zero-order valence-corrected chi connectivity index (χ0v) is 21.7. The first-order valence-electron chi connectivity index (χ1n) is 12.4. The summed E-state index contributed by atoms with van der Waals surface area (Å²) in [6, 6.07) is 10.4. The second-order valence-electron chi connectivity index (χ2n) is 9.80. The summed E-state index contributed by atoms with van der Waals surface area (Å²) < 4.78 is 59.1. The van der Waals surface area contributed by atoms with Gasteiger partial charge in [-0.05, 0) is 61.7 Å². The van der Waals surface area contributed by atoms with Gasteiger partial charge in [0.05, 0.1) is 24.5 Å². The van der Waals surface area contributed by atoms with Crippen LogP contribution in [0.4, 0.5) is 17.6 Å². The van der Waals surface area contributed by atoms with E-state index < -0.39 is 18.1 Å². The minimum absolute atomic E-state index is 0. The fourth-order valence-electron chi connectivity index (χ4n) is 5.49. The molecule has 1 fully saturated rings. The van der Waals surface area contributed by atoms with Crippen LogP contribution in [0.1, 0.15) is 29.7 Å². The summed E-state index contributed by atoms with van der Waals surface area (Å²) in [4.78, 5) is 28.1. The molecule has 1 saturated heterocycles. The van der Waals surface area contributed by atoms with Crippen molar-refractivity contribution >= 4 is 35.2 Å². The molecule has 5 rings (SSSR count). The Bertz CT molecular complexity index is 1370. The van der Waals surface area contributed by atoms with Gasteiger partial charge in [-0.1, -0.05) is 24.3 Å². The first kappa shape index (κ1) is 28.7. The zero-order chi connectivity index (χ0) is 27.0. The Hall–Kier alpha value is -3.31. The third kappa shape index (κ3) is 6.30. The van der Waals surface area contributed by atoms with Gasteiger partial charge in [0.15, 0.2) is 0 Å². The van der Waals surface area contributed by atoms with E-state index >= 15 is 4.39 Å². The molecular formula is C27H28ClF4N3O4. The molecule has 2 aliphatic rings. The van der Waals surface area contributed by atoms with E-state index in [2.05, 4.69) is 4.74 Å².